The number of carbonyl (C=O) groups is 2. The highest BCUT2D eigenvalue weighted by Crippen LogP contribution is 2.50. The second kappa shape index (κ2) is 8.85. The van der Waals surface area contributed by atoms with Crippen molar-refractivity contribution >= 4 is 34.6 Å². The summed E-state index contributed by atoms with van der Waals surface area (Å²) in [6.07, 6.45) is 10.5. The third-order valence-corrected chi connectivity index (χ3v) is 7.51. The zero-order valence-electron chi connectivity index (χ0n) is 19.4. The van der Waals surface area contributed by atoms with E-state index >= 15 is 4.39 Å². The molecule has 1 fully saturated rings. The van der Waals surface area contributed by atoms with Gasteiger partial charge in [-0.3, -0.25) is 9.59 Å². The summed E-state index contributed by atoms with van der Waals surface area (Å²) in [6.45, 7) is 2.18. The third kappa shape index (κ3) is 3.80. The summed E-state index contributed by atoms with van der Waals surface area (Å²) in [5.41, 5.74) is 3.53. The lowest BCUT2D eigenvalue weighted by Gasteiger charge is -2.42. The summed E-state index contributed by atoms with van der Waals surface area (Å²) < 4.78 is 17.3. The average molecular weight is 510 g/mol. The number of allylic oxidation sites excluding steroid dienone is 6. The van der Waals surface area contributed by atoms with Crippen molar-refractivity contribution in [3.63, 3.8) is 0 Å². The molecule has 4 unspecified atom stereocenters. The Hall–Kier alpha value is -3.53. The molecule has 5 N–H and O–H groups in total. The quantitative estimate of drug-likeness (QED) is 0.491. The Labute approximate surface area is 212 Å². The largest absolute Gasteiger partial charge is 0.369 e. The van der Waals surface area contributed by atoms with Crippen LogP contribution < -0.4 is 16.4 Å². The maximum atomic E-state index is 15.6. The van der Waals surface area contributed by atoms with E-state index in [0.29, 0.717) is 21.9 Å². The fourth-order valence-electron chi connectivity index (χ4n) is 5.30. The van der Waals surface area contributed by atoms with Gasteiger partial charge in [-0.1, -0.05) is 23.7 Å². The summed E-state index contributed by atoms with van der Waals surface area (Å²) in [7, 11) is 0. The van der Waals surface area contributed by atoms with Gasteiger partial charge in [0, 0.05) is 59.5 Å². The summed E-state index contributed by atoms with van der Waals surface area (Å²) in [4.78, 5) is 30.3. The lowest BCUT2D eigenvalue weighted by Crippen LogP contribution is -2.54. The van der Waals surface area contributed by atoms with E-state index in [4.69, 9.17) is 17.3 Å². The molecule has 0 spiro atoms. The molecule has 3 heterocycles. The molecule has 186 valence electrons. The zero-order chi connectivity index (χ0) is 25.7. The number of aliphatic hydroxyl groups is 1. The number of hydrogen-bond donors (Lipinski definition) is 4. The van der Waals surface area contributed by atoms with Gasteiger partial charge in [0.25, 0.3) is 0 Å². The van der Waals surface area contributed by atoms with Gasteiger partial charge in [0.1, 0.15) is 5.83 Å². The maximum Gasteiger partial charge on any atom is 0.222 e. The molecular formula is C26H25ClFN5O3. The predicted octanol–water partition coefficient (Wildman–Crippen LogP) is 2.40. The number of carbonyl (C=O) groups excluding carboxylic acids is 2. The van der Waals surface area contributed by atoms with Gasteiger partial charge in [-0.2, -0.15) is 0 Å². The fourth-order valence-corrected chi connectivity index (χ4v) is 5.49. The highest BCUT2D eigenvalue weighted by atomic mass is 35.5. The number of nitrogens with one attached hydrogen (secondary N) is 2. The molecule has 2 aliphatic heterocycles. The Morgan fingerprint density at radius 2 is 2.14 bits per heavy atom. The first-order valence-corrected chi connectivity index (χ1v) is 11.8. The van der Waals surface area contributed by atoms with Crippen LogP contribution in [0.1, 0.15) is 12.5 Å². The van der Waals surface area contributed by atoms with E-state index in [9.17, 15) is 14.7 Å². The molecular weight excluding hydrogens is 485 g/mol. The van der Waals surface area contributed by atoms with Crippen molar-refractivity contribution in [1.82, 2.24) is 20.2 Å². The Balaban J connectivity index is 1.67. The molecule has 1 saturated heterocycles. The van der Waals surface area contributed by atoms with Crippen molar-refractivity contribution in [3.8, 4) is 0 Å². The number of hydrogen-bond acceptors (Lipinski definition) is 6. The standard InChI is InChI=1S/C26H25ClFN5O3/c1-25(19-10-26(36,32-13-21(19)28)20-12-31-11-18(20)24(29)35)22(33-8-7-30-14-33)6-5-17(23(25)34)15-3-2-4-16(27)9-15/h2-10,13-14,18,20,31-32,36H,11-12H2,1H3,(H2,29,35). The normalized spacial score (nSPS) is 30.2. The molecule has 36 heavy (non-hydrogen) atoms. The van der Waals surface area contributed by atoms with Crippen LogP contribution in [0.5, 0.6) is 0 Å². The molecule has 0 bridgehead atoms. The van der Waals surface area contributed by atoms with Crippen LogP contribution in [0.2, 0.25) is 5.02 Å². The molecule has 5 rings (SSSR count). The molecule has 10 heteroatoms. The Bertz CT molecular complexity index is 1370. The molecule has 1 aliphatic carbocycles. The lowest BCUT2D eigenvalue weighted by atomic mass is 9.67. The van der Waals surface area contributed by atoms with Crippen LogP contribution in [-0.2, 0) is 9.59 Å². The van der Waals surface area contributed by atoms with Crippen molar-refractivity contribution in [2.75, 3.05) is 13.1 Å². The van der Waals surface area contributed by atoms with E-state index < -0.39 is 34.7 Å². The number of halogens is 2. The molecule has 0 radical (unpaired) electrons. The third-order valence-electron chi connectivity index (χ3n) is 7.27. The molecule has 3 aliphatic rings. The van der Waals surface area contributed by atoms with Crippen LogP contribution >= 0.6 is 11.6 Å². The van der Waals surface area contributed by atoms with E-state index in [1.54, 1.807) is 60.3 Å². The number of rotatable bonds is 5. The van der Waals surface area contributed by atoms with Crippen LogP contribution in [0.4, 0.5) is 4.39 Å². The molecule has 2 aromatic rings. The van der Waals surface area contributed by atoms with Crippen molar-refractivity contribution < 1.29 is 19.1 Å². The SMILES string of the molecule is CC1(C2=CC(O)(C3CNCC3C(N)=O)NC=C2F)C(=O)C(c2cccc(Cl)c2)=CC=C1n1ccnc1. The van der Waals surface area contributed by atoms with Gasteiger partial charge in [-0.15, -0.1) is 0 Å². The number of primary amides is 1. The zero-order valence-corrected chi connectivity index (χ0v) is 20.2. The predicted molar refractivity (Wildman–Crippen MR) is 133 cm³/mol. The molecule has 1 aromatic carbocycles. The molecule has 0 saturated carbocycles. The molecule has 8 nitrogen and oxygen atoms in total. The number of aromatic nitrogens is 2. The molecule has 1 amide bonds. The maximum absolute atomic E-state index is 15.6. The monoisotopic (exact) mass is 509 g/mol. The minimum atomic E-state index is -1.82. The van der Waals surface area contributed by atoms with Gasteiger partial charge >= 0.3 is 0 Å². The summed E-state index contributed by atoms with van der Waals surface area (Å²) in [5.74, 6) is -3.04. The Morgan fingerprint density at radius 3 is 2.83 bits per heavy atom. The van der Waals surface area contributed by atoms with Gasteiger partial charge in [0.2, 0.25) is 5.91 Å². The smallest absolute Gasteiger partial charge is 0.222 e. The summed E-state index contributed by atoms with van der Waals surface area (Å²) >= 11 is 6.18. The number of nitrogens with two attached hydrogens (primary N) is 1. The minimum absolute atomic E-state index is 0.0311. The first kappa shape index (κ1) is 24.2. The number of ketones is 1. The number of dihydropyridines is 1. The van der Waals surface area contributed by atoms with Crippen molar-refractivity contribution in [3.05, 3.63) is 89.4 Å². The van der Waals surface area contributed by atoms with Crippen molar-refractivity contribution in [1.29, 1.82) is 0 Å². The lowest BCUT2D eigenvalue weighted by molar-refractivity contribution is -0.125. The first-order valence-electron chi connectivity index (χ1n) is 11.5. The first-order chi connectivity index (χ1) is 17.1. The van der Waals surface area contributed by atoms with Gasteiger partial charge in [0.05, 0.1) is 17.7 Å². The number of Topliss-reactive ketones (excluding diaryl/α,β-unsaturated/α-hetero) is 1. The highest BCUT2D eigenvalue weighted by Gasteiger charge is 2.52. The number of nitrogens with zero attached hydrogens (tertiary/aromatic N) is 2. The second-order valence-corrected chi connectivity index (χ2v) is 9.80. The van der Waals surface area contributed by atoms with Gasteiger partial charge < -0.3 is 26.0 Å². The van der Waals surface area contributed by atoms with Crippen molar-refractivity contribution in [2.45, 2.75) is 12.6 Å². The van der Waals surface area contributed by atoms with E-state index in [-0.39, 0.29) is 24.4 Å². The Morgan fingerprint density at radius 1 is 1.33 bits per heavy atom. The average Bonchev–Trinajstić information content (AvgIpc) is 3.55. The van der Waals surface area contributed by atoms with Crippen LogP contribution in [0.15, 0.2) is 78.8 Å². The van der Waals surface area contributed by atoms with Crippen LogP contribution in [0.25, 0.3) is 11.3 Å². The van der Waals surface area contributed by atoms with Crippen molar-refractivity contribution in [2.24, 2.45) is 23.0 Å². The van der Waals surface area contributed by atoms with E-state index in [1.165, 1.54) is 12.4 Å². The topological polar surface area (TPSA) is 122 Å². The number of amides is 1. The minimum Gasteiger partial charge on any atom is -0.369 e. The van der Waals surface area contributed by atoms with E-state index in [1.807, 2.05) is 0 Å². The second-order valence-electron chi connectivity index (χ2n) is 9.36. The van der Waals surface area contributed by atoms with Gasteiger partial charge in [0.15, 0.2) is 11.5 Å². The molecule has 1 aromatic heterocycles. The molecule has 4 atom stereocenters. The van der Waals surface area contributed by atoms with E-state index in [0.717, 1.165) is 6.20 Å². The van der Waals surface area contributed by atoms with Crippen LogP contribution in [0.3, 0.4) is 0 Å². The number of imidazole rings is 1. The Kier molecular flexibility index (Phi) is 5.94. The van der Waals surface area contributed by atoms with Crippen LogP contribution in [-0.4, -0.2) is 45.2 Å². The number of benzene rings is 1. The van der Waals surface area contributed by atoms with E-state index in [2.05, 4.69) is 15.6 Å². The summed E-state index contributed by atoms with van der Waals surface area (Å²) in [6, 6.07) is 6.86. The van der Waals surface area contributed by atoms with Crippen LogP contribution in [0, 0.1) is 17.3 Å². The van der Waals surface area contributed by atoms with Gasteiger partial charge in [-0.05, 0) is 42.8 Å². The van der Waals surface area contributed by atoms with Gasteiger partial charge in [-0.25, -0.2) is 9.37 Å². The fraction of sp³-hybridized carbons (Fsp3) is 0.269. The summed E-state index contributed by atoms with van der Waals surface area (Å²) in [5, 5.41) is 17.8. The highest BCUT2D eigenvalue weighted by molar-refractivity contribution is 6.32.